The van der Waals surface area contributed by atoms with Crippen molar-refractivity contribution in [2.45, 2.75) is 45.7 Å². The van der Waals surface area contributed by atoms with E-state index in [1.807, 2.05) is 44.0 Å². The summed E-state index contributed by atoms with van der Waals surface area (Å²) in [5.74, 6) is 2.81. The Morgan fingerprint density at radius 3 is 2.87 bits per heavy atom. The molecule has 2 aromatic heterocycles. The van der Waals surface area contributed by atoms with E-state index in [-0.39, 0.29) is 18.0 Å². The van der Waals surface area contributed by atoms with Crippen LogP contribution in [0.1, 0.15) is 43.5 Å². The highest BCUT2D eigenvalue weighted by Crippen LogP contribution is 2.24. The number of furan rings is 1. The van der Waals surface area contributed by atoms with E-state index in [9.17, 15) is 4.79 Å². The van der Waals surface area contributed by atoms with Gasteiger partial charge in [-0.2, -0.15) is 5.10 Å². The summed E-state index contributed by atoms with van der Waals surface area (Å²) < 4.78 is 7.54. The van der Waals surface area contributed by atoms with Gasteiger partial charge in [0.2, 0.25) is 5.91 Å². The quantitative estimate of drug-likeness (QED) is 0.919. The Morgan fingerprint density at radius 2 is 2.26 bits per heavy atom. The summed E-state index contributed by atoms with van der Waals surface area (Å²) in [6, 6.07) is 5.75. The average molecular weight is 316 g/mol. The lowest BCUT2D eigenvalue weighted by atomic mass is 10.2. The predicted molar refractivity (Wildman–Crippen MR) is 88.3 cm³/mol. The number of hydrogen-bond acceptors (Lipinski definition) is 4. The third-order valence-electron chi connectivity index (χ3n) is 4.37. The second kappa shape index (κ2) is 6.20. The second-order valence-electron chi connectivity index (χ2n) is 6.14. The number of nitrogens with zero attached hydrogens (tertiary/aromatic N) is 3. The van der Waals surface area contributed by atoms with Crippen LogP contribution in [0, 0.1) is 6.92 Å². The van der Waals surface area contributed by atoms with Gasteiger partial charge in [-0.15, -0.1) is 0 Å². The molecule has 0 saturated carbocycles. The van der Waals surface area contributed by atoms with Gasteiger partial charge in [-0.25, -0.2) is 0 Å². The van der Waals surface area contributed by atoms with Gasteiger partial charge in [0.15, 0.2) is 0 Å². The number of carbonyl (C=O) groups is 1. The van der Waals surface area contributed by atoms with Gasteiger partial charge in [0, 0.05) is 26.1 Å². The first-order valence-electron chi connectivity index (χ1n) is 8.16. The van der Waals surface area contributed by atoms with Crippen LogP contribution in [0.5, 0.6) is 0 Å². The number of aromatic nitrogens is 2. The molecule has 1 amide bonds. The number of anilines is 1. The summed E-state index contributed by atoms with van der Waals surface area (Å²) in [7, 11) is 1.87. The summed E-state index contributed by atoms with van der Waals surface area (Å²) >= 11 is 0. The van der Waals surface area contributed by atoms with Gasteiger partial charge >= 0.3 is 0 Å². The molecule has 1 fully saturated rings. The highest BCUT2D eigenvalue weighted by Gasteiger charge is 2.35. The number of hydrogen-bond donors (Lipinski definition) is 1. The zero-order valence-corrected chi connectivity index (χ0v) is 14.2. The zero-order chi connectivity index (χ0) is 16.6. The lowest BCUT2D eigenvalue weighted by molar-refractivity contribution is -0.119. The maximum absolute atomic E-state index is 12.7. The summed E-state index contributed by atoms with van der Waals surface area (Å²) in [6.45, 7) is 6.74. The van der Waals surface area contributed by atoms with E-state index < -0.39 is 0 Å². The highest BCUT2D eigenvalue weighted by atomic mass is 16.3. The molecule has 1 saturated heterocycles. The van der Waals surface area contributed by atoms with Crippen molar-refractivity contribution in [2.24, 2.45) is 7.05 Å². The fourth-order valence-electron chi connectivity index (χ4n) is 3.11. The van der Waals surface area contributed by atoms with Crippen LogP contribution in [-0.2, 0) is 18.3 Å². The number of aryl methyl sites for hydroxylation is 3. The molecule has 2 atom stereocenters. The van der Waals surface area contributed by atoms with E-state index in [2.05, 4.69) is 17.3 Å². The van der Waals surface area contributed by atoms with Gasteiger partial charge in [-0.3, -0.25) is 19.7 Å². The van der Waals surface area contributed by atoms with Gasteiger partial charge in [-0.1, -0.05) is 6.92 Å². The molecule has 2 aromatic rings. The summed E-state index contributed by atoms with van der Waals surface area (Å²) in [5, 5.41) is 7.72. The molecule has 0 bridgehead atoms. The standard InChI is InChI=1S/C17H24N4O2/c1-5-13-6-7-15(23-13)12(3)18-14-8-9-21(17(14)22)16-10-11(2)19-20(16)4/h6-7,10,12,14,18H,5,8-9H2,1-4H3/t12-,14-/m0/s1. The molecular formula is C17H24N4O2. The van der Waals surface area contributed by atoms with Gasteiger partial charge in [0.05, 0.1) is 17.8 Å². The van der Waals surface area contributed by atoms with Crippen LogP contribution in [0.3, 0.4) is 0 Å². The first-order valence-corrected chi connectivity index (χ1v) is 8.16. The molecule has 6 nitrogen and oxygen atoms in total. The van der Waals surface area contributed by atoms with Crippen LogP contribution >= 0.6 is 0 Å². The third kappa shape index (κ3) is 3.03. The monoisotopic (exact) mass is 316 g/mol. The van der Waals surface area contributed by atoms with Crippen molar-refractivity contribution in [2.75, 3.05) is 11.4 Å². The van der Waals surface area contributed by atoms with Crippen molar-refractivity contribution in [3.8, 4) is 0 Å². The van der Waals surface area contributed by atoms with Crippen molar-refractivity contribution < 1.29 is 9.21 Å². The first-order chi connectivity index (χ1) is 11.0. The molecule has 23 heavy (non-hydrogen) atoms. The zero-order valence-electron chi connectivity index (χ0n) is 14.2. The molecular weight excluding hydrogens is 292 g/mol. The van der Waals surface area contributed by atoms with Crippen molar-refractivity contribution in [1.29, 1.82) is 0 Å². The average Bonchev–Trinajstić information content (AvgIpc) is 3.20. The summed E-state index contributed by atoms with van der Waals surface area (Å²) in [5.41, 5.74) is 0.919. The second-order valence-corrected chi connectivity index (χ2v) is 6.14. The van der Waals surface area contributed by atoms with Crippen molar-refractivity contribution in [3.63, 3.8) is 0 Å². The topological polar surface area (TPSA) is 63.3 Å². The molecule has 0 aromatic carbocycles. The minimum atomic E-state index is -0.185. The molecule has 0 spiro atoms. The Morgan fingerprint density at radius 1 is 1.48 bits per heavy atom. The van der Waals surface area contributed by atoms with E-state index >= 15 is 0 Å². The van der Waals surface area contributed by atoms with E-state index in [1.54, 1.807) is 4.68 Å². The molecule has 0 radical (unpaired) electrons. The number of rotatable bonds is 5. The normalized spacial score (nSPS) is 19.6. The lowest BCUT2D eigenvalue weighted by Crippen LogP contribution is -2.40. The van der Waals surface area contributed by atoms with Gasteiger partial charge in [0.25, 0.3) is 0 Å². The Bertz CT molecular complexity index is 703. The van der Waals surface area contributed by atoms with Gasteiger partial charge in [0.1, 0.15) is 17.3 Å². The van der Waals surface area contributed by atoms with Crippen LogP contribution in [-0.4, -0.2) is 28.3 Å². The molecule has 0 aliphatic carbocycles. The van der Waals surface area contributed by atoms with Gasteiger partial charge < -0.3 is 4.42 Å². The molecule has 6 heteroatoms. The van der Waals surface area contributed by atoms with Crippen LogP contribution in [0.4, 0.5) is 5.82 Å². The molecule has 3 heterocycles. The SMILES string of the molecule is CCc1ccc([C@H](C)N[C@H]2CCN(c3cc(C)nn3C)C2=O)o1. The number of nitrogens with one attached hydrogen (secondary N) is 1. The van der Waals surface area contributed by atoms with Crippen LogP contribution in [0.2, 0.25) is 0 Å². The Balaban J connectivity index is 1.68. The number of amides is 1. The molecule has 3 rings (SSSR count). The minimum Gasteiger partial charge on any atom is -0.464 e. The maximum Gasteiger partial charge on any atom is 0.245 e. The molecule has 1 aliphatic heterocycles. The number of carbonyl (C=O) groups excluding carboxylic acids is 1. The predicted octanol–water partition coefficient (Wildman–Crippen LogP) is 2.34. The van der Waals surface area contributed by atoms with E-state index in [4.69, 9.17) is 4.42 Å². The third-order valence-corrected chi connectivity index (χ3v) is 4.37. The fourth-order valence-corrected chi connectivity index (χ4v) is 3.11. The van der Waals surface area contributed by atoms with Crippen molar-refractivity contribution >= 4 is 11.7 Å². The maximum atomic E-state index is 12.7. The van der Waals surface area contributed by atoms with Crippen LogP contribution in [0.15, 0.2) is 22.6 Å². The molecule has 0 unspecified atom stereocenters. The highest BCUT2D eigenvalue weighted by molar-refractivity contribution is 5.98. The fraction of sp³-hybridized carbons (Fsp3) is 0.529. The molecule has 1 N–H and O–H groups in total. The summed E-state index contributed by atoms with van der Waals surface area (Å²) in [4.78, 5) is 14.5. The Labute approximate surface area is 136 Å². The lowest BCUT2D eigenvalue weighted by Gasteiger charge is -2.19. The smallest absolute Gasteiger partial charge is 0.245 e. The molecule has 1 aliphatic rings. The van der Waals surface area contributed by atoms with Crippen LogP contribution in [0.25, 0.3) is 0 Å². The van der Waals surface area contributed by atoms with Crippen LogP contribution < -0.4 is 10.2 Å². The van der Waals surface area contributed by atoms with E-state index in [1.165, 1.54) is 0 Å². The minimum absolute atomic E-state index is 0.0115. The first kappa shape index (κ1) is 15.8. The van der Waals surface area contributed by atoms with Gasteiger partial charge in [-0.05, 0) is 32.4 Å². The summed E-state index contributed by atoms with van der Waals surface area (Å²) in [6.07, 6.45) is 1.66. The van der Waals surface area contributed by atoms with Crippen molar-refractivity contribution in [1.82, 2.24) is 15.1 Å². The Hall–Kier alpha value is -2.08. The Kier molecular flexibility index (Phi) is 4.26. The largest absolute Gasteiger partial charge is 0.464 e. The van der Waals surface area contributed by atoms with Crippen molar-refractivity contribution in [3.05, 3.63) is 35.4 Å². The van der Waals surface area contributed by atoms with E-state index in [0.717, 1.165) is 35.9 Å². The van der Waals surface area contributed by atoms with E-state index in [0.29, 0.717) is 6.54 Å². The molecule has 124 valence electrons.